The van der Waals surface area contributed by atoms with Gasteiger partial charge in [0.2, 0.25) is 0 Å². The zero-order chi connectivity index (χ0) is 6.24. The summed E-state index contributed by atoms with van der Waals surface area (Å²) in [5.41, 5.74) is 0. The molecule has 0 saturated carbocycles. The van der Waals surface area contributed by atoms with E-state index in [1.54, 1.807) is 12.3 Å². The molecule has 0 aromatic rings. The molecule has 0 fully saturated rings. The number of allylic oxidation sites excluding steroid dienone is 1. The molecule has 0 aliphatic heterocycles. The van der Waals surface area contributed by atoms with Crippen molar-refractivity contribution < 1.29 is 0 Å². The molecule has 0 bridgehead atoms. The van der Waals surface area contributed by atoms with Crippen molar-refractivity contribution in [3.63, 3.8) is 0 Å². The van der Waals surface area contributed by atoms with Gasteiger partial charge in [0, 0.05) is 12.4 Å². The second kappa shape index (κ2) is 5.82. The third-order valence-corrected chi connectivity index (χ3v) is 0.430. The summed E-state index contributed by atoms with van der Waals surface area (Å²) in [4.78, 5) is 7.28. The first-order valence-corrected chi connectivity index (χ1v) is 2.18. The van der Waals surface area contributed by atoms with E-state index in [-0.39, 0.29) is 0 Å². The molecule has 0 aromatic heterocycles. The molecule has 0 atom stereocenters. The molecule has 42 valence electrons. The van der Waals surface area contributed by atoms with Crippen molar-refractivity contribution in [2.45, 2.75) is 0 Å². The zero-order valence-electron chi connectivity index (χ0n) is 4.62. The number of hydrogen-bond acceptors (Lipinski definition) is 1. The number of nitrogens with zero attached hydrogens (tertiary/aromatic N) is 2. The van der Waals surface area contributed by atoms with Crippen LogP contribution in [0.1, 0.15) is 0 Å². The normalized spacial score (nSPS) is 10.5. The van der Waals surface area contributed by atoms with Gasteiger partial charge in [0.25, 0.3) is 0 Å². The average Bonchev–Trinajstić information content (AvgIpc) is 1.81. The molecule has 2 heteroatoms. The topological polar surface area (TPSA) is 24.7 Å². The SMILES string of the molecule is C=CC=NC=NC=C. The van der Waals surface area contributed by atoms with Gasteiger partial charge in [0.1, 0.15) is 6.34 Å². The summed E-state index contributed by atoms with van der Waals surface area (Å²) in [6.45, 7) is 6.78. The van der Waals surface area contributed by atoms with Crippen LogP contribution in [0.25, 0.3) is 0 Å². The lowest BCUT2D eigenvalue weighted by atomic mass is 10.7. The van der Waals surface area contributed by atoms with Gasteiger partial charge in [0.05, 0.1) is 0 Å². The van der Waals surface area contributed by atoms with Crippen LogP contribution in [-0.4, -0.2) is 12.6 Å². The molecule has 0 amide bonds. The van der Waals surface area contributed by atoms with Crippen LogP contribution in [0, 0.1) is 0 Å². The first-order valence-electron chi connectivity index (χ1n) is 2.18. The summed E-state index contributed by atoms with van der Waals surface area (Å²) in [6, 6.07) is 0. The van der Waals surface area contributed by atoms with Gasteiger partial charge in [-0.05, 0) is 0 Å². The summed E-state index contributed by atoms with van der Waals surface area (Å²) in [6.07, 6.45) is 5.94. The largest absolute Gasteiger partial charge is 0.246 e. The maximum absolute atomic E-state index is 3.67. The van der Waals surface area contributed by atoms with Crippen LogP contribution in [0.3, 0.4) is 0 Å². The van der Waals surface area contributed by atoms with E-state index in [4.69, 9.17) is 0 Å². The van der Waals surface area contributed by atoms with Crippen molar-refractivity contribution in [3.8, 4) is 0 Å². The van der Waals surface area contributed by atoms with E-state index in [1.165, 1.54) is 12.5 Å². The molecule has 0 N–H and O–H groups in total. The molecule has 0 rings (SSSR count). The highest BCUT2D eigenvalue weighted by Crippen LogP contribution is 1.64. The first kappa shape index (κ1) is 6.82. The molecule has 0 spiro atoms. The molecular formula is C6H8N2. The maximum Gasteiger partial charge on any atom is 0.115 e. The van der Waals surface area contributed by atoms with Crippen molar-refractivity contribution in [2.24, 2.45) is 9.98 Å². The molecule has 0 radical (unpaired) electrons. The van der Waals surface area contributed by atoms with E-state index in [1.807, 2.05) is 0 Å². The van der Waals surface area contributed by atoms with Crippen molar-refractivity contribution in [1.82, 2.24) is 0 Å². The van der Waals surface area contributed by atoms with Crippen molar-refractivity contribution in [1.29, 1.82) is 0 Å². The highest BCUT2D eigenvalue weighted by Gasteiger charge is 1.54. The van der Waals surface area contributed by atoms with Crippen LogP contribution < -0.4 is 0 Å². The van der Waals surface area contributed by atoms with Crippen LogP contribution in [0.5, 0.6) is 0 Å². The first-order chi connectivity index (χ1) is 3.91. The second-order valence-corrected chi connectivity index (χ2v) is 0.981. The van der Waals surface area contributed by atoms with Crippen LogP contribution in [0.2, 0.25) is 0 Å². The highest BCUT2D eigenvalue weighted by atomic mass is 14.8. The summed E-state index contributed by atoms with van der Waals surface area (Å²) < 4.78 is 0. The Morgan fingerprint density at radius 2 is 1.88 bits per heavy atom. The minimum Gasteiger partial charge on any atom is -0.246 e. The Kier molecular flexibility index (Phi) is 4.96. The fourth-order valence-corrected chi connectivity index (χ4v) is 0.185. The molecule has 8 heavy (non-hydrogen) atoms. The molecule has 0 unspecified atom stereocenters. The van der Waals surface area contributed by atoms with Gasteiger partial charge in [-0.1, -0.05) is 19.2 Å². The van der Waals surface area contributed by atoms with Crippen LogP contribution in [-0.2, 0) is 0 Å². The van der Waals surface area contributed by atoms with Crippen LogP contribution in [0.15, 0.2) is 35.4 Å². The summed E-state index contributed by atoms with van der Waals surface area (Å²) in [5, 5.41) is 0. The van der Waals surface area contributed by atoms with E-state index in [0.717, 1.165) is 0 Å². The Labute approximate surface area is 49.0 Å². The molecule has 0 heterocycles. The molecule has 2 nitrogen and oxygen atoms in total. The molecular weight excluding hydrogens is 100 g/mol. The fourth-order valence-electron chi connectivity index (χ4n) is 0.185. The fraction of sp³-hybridized carbons (Fsp3) is 0. The van der Waals surface area contributed by atoms with E-state index in [9.17, 15) is 0 Å². The minimum absolute atomic E-state index is 1.40. The Balaban J connectivity index is 3.41. The third kappa shape index (κ3) is 4.82. The van der Waals surface area contributed by atoms with Crippen LogP contribution >= 0.6 is 0 Å². The average molecular weight is 108 g/mol. The summed E-state index contributed by atoms with van der Waals surface area (Å²) >= 11 is 0. The Morgan fingerprint density at radius 3 is 2.38 bits per heavy atom. The molecule has 0 aliphatic rings. The highest BCUT2D eigenvalue weighted by molar-refractivity contribution is 5.79. The minimum atomic E-state index is 1.40. The van der Waals surface area contributed by atoms with Gasteiger partial charge < -0.3 is 0 Å². The van der Waals surface area contributed by atoms with Gasteiger partial charge in [0.15, 0.2) is 0 Å². The molecule has 0 aromatic carbocycles. The van der Waals surface area contributed by atoms with Crippen molar-refractivity contribution in [2.75, 3.05) is 0 Å². The number of hydrogen-bond donors (Lipinski definition) is 0. The van der Waals surface area contributed by atoms with Gasteiger partial charge in [-0.25, -0.2) is 9.98 Å². The smallest absolute Gasteiger partial charge is 0.115 e. The number of rotatable bonds is 3. The quantitative estimate of drug-likeness (QED) is 0.386. The summed E-state index contributed by atoms with van der Waals surface area (Å²) in [5.74, 6) is 0. The van der Waals surface area contributed by atoms with Gasteiger partial charge in [-0.3, -0.25) is 0 Å². The lowest BCUT2D eigenvalue weighted by Crippen LogP contribution is -1.63. The van der Waals surface area contributed by atoms with E-state index in [2.05, 4.69) is 23.1 Å². The molecule has 0 saturated heterocycles. The second-order valence-electron chi connectivity index (χ2n) is 0.981. The Hall–Kier alpha value is -1.18. The van der Waals surface area contributed by atoms with Gasteiger partial charge in [-0.2, -0.15) is 0 Å². The van der Waals surface area contributed by atoms with E-state index < -0.39 is 0 Å². The van der Waals surface area contributed by atoms with Gasteiger partial charge >= 0.3 is 0 Å². The Morgan fingerprint density at radius 1 is 1.12 bits per heavy atom. The predicted molar refractivity (Wildman–Crippen MR) is 37.4 cm³/mol. The van der Waals surface area contributed by atoms with Crippen molar-refractivity contribution >= 4 is 12.6 Å². The summed E-state index contributed by atoms with van der Waals surface area (Å²) in [7, 11) is 0. The van der Waals surface area contributed by atoms with Gasteiger partial charge in [-0.15, -0.1) is 0 Å². The van der Waals surface area contributed by atoms with E-state index >= 15 is 0 Å². The lowest BCUT2D eigenvalue weighted by molar-refractivity contribution is 1.58. The number of aliphatic imine (C=N–C) groups is 2. The molecule has 0 aliphatic carbocycles. The van der Waals surface area contributed by atoms with E-state index in [0.29, 0.717) is 0 Å². The van der Waals surface area contributed by atoms with Crippen LogP contribution in [0.4, 0.5) is 0 Å². The maximum atomic E-state index is 3.67. The zero-order valence-corrected chi connectivity index (χ0v) is 4.62. The van der Waals surface area contributed by atoms with Crippen molar-refractivity contribution in [3.05, 3.63) is 25.4 Å². The Bertz CT molecular complexity index is 106. The monoisotopic (exact) mass is 108 g/mol. The standard InChI is InChI=1S/C6H8N2/c1-3-5-8-6-7-4-2/h3-6H,1-2H2. The lowest BCUT2D eigenvalue weighted by Gasteiger charge is -1.68. The predicted octanol–water partition coefficient (Wildman–Crippen LogP) is 1.42. The third-order valence-electron chi connectivity index (χ3n) is 0.430.